The first kappa shape index (κ1) is 14.2. The van der Waals surface area contributed by atoms with E-state index in [2.05, 4.69) is 15.5 Å². The second kappa shape index (κ2) is 6.29. The lowest BCUT2D eigenvalue weighted by molar-refractivity contribution is 0.414. The van der Waals surface area contributed by atoms with Crippen molar-refractivity contribution < 1.29 is 4.74 Å². The summed E-state index contributed by atoms with van der Waals surface area (Å²) in [5, 5.41) is 11.2. The maximum atomic E-state index is 5.67. The molecule has 0 saturated heterocycles. The van der Waals surface area contributed by atoms with Gasteiger partial charge in [-0.15, -0.1) is 5.10 Å². The van der Waals surface area contributed by atoms with E-state index >= 15 is 0 Å². The van der Waals surface area contributed by atoms with Gasteiger partial charge in [-0.2, -0.15) is 5.10 Å². The summed E-state index contributed by atoms with van der Waals surface area (Å²) in [6, 6.07) is 9.61. The lowest BCUT2D eigenvalue weighted by Gasteiger charge is -2.16. The zero-order chi connectivity index (χ0) is 14.5. The highest BCUT2D eigenvalue weighted by atomic mass is 32.1. The summed E-state index contributed by atoms with van der Waals surface area (Å²) in [7, 11) is 1.64. The second-order valence-electron chi connectivity index (χ2n) is 4.30. The minimum atomic E-state index is 0.0470. The smallest absolute Gasteiger partial charge is 0.159 e. The summed E-state index contributed by atoms with van der Waals surface area (Å²) >= 11 is 5.01. The molecular weight excluding hydrogens is 272 g/mol. The van der Waals surface area contributed by atoms with Gasteiger partial charge in [0.05, 0.1) is 24.9 Å². The molecule has 1 unspecified atom stereocenters. The minimum Gasteiger partial charge on any atom is -0.497 e. The normalized spacial score (nSPS) is 11.7. The number of anilines is 1. The second-order valence-corrected chi connectivity index (χ2v) is 4.74. The van der Waals surface area contributed by atoms with Crippen molar-refractivity contribution in [2.45, 2.75) is 13.0 Å². The van der Waals surface area contributed by atoms with Gasteiger partial charge in [-0.05, 0) is 30.7 Å². The van der Waals surface area contributed by atoms with Crippen molar-refractivity contribution in [1.29, 1.82) is 0 Å². The third-order valence-corrected chi connectivity index (χ3v) is 3.18. The molecule has 0 aliphatic rings. The third-order valence-electron chi connectivity index (χ3n) is 2.96. The molecule has 0 spiro atoms. The van der Waals surface area contributed by atoms with E-state index in [0.29, 0.717) is 16.4 Å². The summed E-state index contributed by atoms with van der Waals surface area (Å²) < 4.78 is 5.14. The minimum absolute atomic E-state index is 0.0470. The lowest BCUT2D eigenvalue weighted by atomic mass is 10.1. The summed E-state index contributed by atoms with van der Waals surface area (Å²) in [6.45, 7) is 2.03. The molecule has 104 valence electrons. The van der Waals surface area contributed by atoms with Gasteiger partial charge in [-0.3, -0.25) is 0 Å². The van der Waals surface area contributed by atoms with Gasteiger partial charge in [0.1, 0.15) is 10.7 Å². The fourth-order valence-corrected chi connectivity index (χ4v) is 1.98. The number of thiocarbonyl (C=S) groups is 1. The SMILES string of the molecule is COc1ccc(C(C)Nc2nnccc2C(N)=S)cc1. The van der Waals surface area contributed by atoms with Crippen molar-refractivity contribution in [3.8, 4) is 5.75 Å². The third kappa shape index (κ3) is 3.21. The number of aromatic nitrogens is 2. The van der Waals surface area contributed by atoms with Crippen molar-refractivity contribution >= 4 is 23.0 Å². The lowest BCUT2D eigenvalue weighted by Crippen LogP contribution is -2.16. The van der Waals surface area contributed by atoms with Crippen LogP contribution in [0.3, 0.4) is 0 Å². The Balaban J connectivity index is 2.18. The molecule has 0 amide bonds. The molecule has 20 heavy (non-hydrogen) atoms. The predicted octanol–water partition coefficient (Wildman–Crippen LogP) is 2.29. The maximum Gasteiger partial charge on any atom is 0.159 e. The van der Waals surface area contributed by atoms with Crippen LogP contribution in [0.15, 0.2) is 36.5 Å². The number of benzene rings is 1. The van der Waals surface area contributed by atoms with Crippen LogP contribution in [-0.4, -0.2) is 22.3 Å². The van der Waals surface area contributed by atoms with E-state index < -0.39 is 0 Å². The van der Waals surface area contributed by atoms with Gasteiger partial charge in [0.15, 0.2) is 5.82 Å². The Kier molecular flexibility index (Phi) is 4.47. The van der Waals surface area contributed by atoms with Crippen molar-refractivity contribution in [2.24, 2.45) is 5.73 Å². The first-order chi connectivity index (χ1) is 9.61. The van der Waals surface area contributed by atoms with E-state index in [9.17, 15) is 0 Å². The number of rotatable bonds is 5. The summed E-state index contributed by atoms with van der Waals surface area (Å²) in [4.78, 5) is 0.296. The first-order valence-electron chi connectivity index (χ1n) is 6.14. The summed E-state index contributed by atoms with van der Waals surface area (Å²) in [5.41, 5.74) is 7.47. The average molecular weight is 288 g/mol. The number of hydrogen-bond acceptors (Lipinski definition) is 5. The predicted molar refractivity (Wildman–Crippen MR) is 83.0 cm³/mol. The monoisotopic (exact) mass is 288 g/mol. The Morgan fingerprint density at radius 3 is 2.60 bits per heavy atom. The number of nitrogens with one attached hydrogen (secondary N) is 1. The summed E-state index contributed by atoms with van der Waals surface area (Å²) in [5.74, 6) is 1.41. The van der Waals surface area contributed by atoms with Gasteiger partial charge in [-0.25, -0.2) is 0 Å². The molecule has 0 bridgehead atoms. The number of nitrogens with zero attached hydrogens (tertiary/aromatic N) is 2. The molecule has 1 atom stereocenters. The molecule has 1 aromatic carbocycles. The van der Waals surface area contributed by atoms with Crippen LogP contribution in [-0.2, 0) is 0 Å². The van der Waals surface area contributed by atoms with E-state index in [0.717, 1.165) is 11.3 Å². The quantitative estimate of drug-likeness (QED) is 0.822. The van der Waals surface area contributed by atoms with Gasteiger partial charge in [0.2, 0.25) is 0 Å². The molecule has 1 aromatic heterocycles. The van der Waals surface area contributed by atoms with Crippen LogP contribution in [0.25, 0.3) is 0 Å². The topological polar surface area (TPSA) is 73.1 Å². The van der Waals surface area contributed by atoms with Crippen LogP contribution in [0.4, 0.5) is 5.82 Å². The maximum absolute atomic E-state index is 5.67. The van der Waals surface area contributed by atoms with Crippen LogP contribution in [0.5, 0.6) is 5.75 Å². The Morgan fingerprint density at radius 2 is 2.00 bits per heavy atom. The average Bonchev–Trinajstić information content (AvgIpc) is 2.47. The number of ether oxygens (including phenoxy) is 1. The zero-order valence-corrected chi connectivity index (χ0v) is 12.1. The van der Waals surface area contributed by atoms with Gasteiger partial charge in [-0.1, -0.05) is 24.4 Å². The summed E-state index contributed by atoms with van der Waals surface area (Å²) in [6.07, 6.45) is 1.57. The largest absolute Gasteiger partial charge is 0.497 e. The van der Waals surface area contributed by atoms with Crippen LogP contribution >= 0.6 is 12.2 Å². The highest BCUT2D eigenvalue weighted by molar-refractivity contribution is 7.80. The van der Waals surface area contributed by atoms with E-state index in [1.165, 1.54) is 0 Å². The molecule has 0 aliphatic carbocycles. The fraction of sp³-hybridized carbons (Fsp3) is 0.214. The van der Waals surface area contributed by atoms with Crippen molar-refractivity contribution in [3.05, 3.63) is 47.7 Å². The Morgan fingerprint density at radius 1 is 1.30 bits per heavy atom. The van der Waals surface area contributed by atoms with E-state index in [-0.39, 0.29) is 6.04 Å². The van der Waals surface area contributed by atoms with Crippen LogP contribution in [0.1, 0.15) is 24.1 Å². The molecule has 3 N–H and O–H groups in total. The highest BCUT2D eigenvalue weighted by Gasteiger charge is 2.11. The van der Waals surface area contributed by atoms with Crippen molar-refractivity contribution in [2.75, 3.05) is 12.4 Å². The van der Waals surface area contributed by atoms with Crippen LogP contribution in [0.2, 0.25) is 0 Å². The van der Waals surface area contributed by atoms with E-state index in [1.54, 1.807) is 19.4 Å². The standard InChI is InChI=1S/C14H16N4OS/c1-9(10-3-5-11(19-2)6-4-10)17-14-12(13(15)20)7-8-16-18-14/h3-9H,1-2H3,(H2,15,20)(H,17,18). The number of nitrogens with two attached hydrogens (primary N) is 1. The fourth-order valence-electron chi connectivity index (χ4n) is 1.82. The molecule has 1 heterocycles. The first-order valence-corrected chi connectivity index (χ1v) is 6.54. The van der Waals surface area contributed by atoms with E-state index in [1.807, 2.05) is 31.2 Å². The molecular formula is C14H16N4OS. The van der Waals surface area contributed by atoms with Gasteiger partial charge in [0, 0.05) is 0 Å². The molecule has 0 saturated carbocycles. The molecule has 2 aromatic rings. The molecule has 6 heteroatoms. The van der Waals surface area contributed by atoms with Crippen molar-refractivity contribution in [3.63, 3.8) is 0 Å². The molecule has 0 aliphatic heterocycles. The highest BCUT2D eigenvalue weighted by Crippen LogP contribution is 2.22. The number of hydrogen-bond donors (Lipinski definition) is 2. The van der Waals surface area contributed by atoms with Gasteiger partial charge in [0.25, 0.3) is 0 Å². The van der Waals surface area contributed by atoms with Crippen LogP contribution < -0.4 is 15.8 Å². The van der Waals surface area contributed by atoms with Crippen molar-refractivity contribution in [1.82, 2.24) is 10.2 Å². The van der Waals surface area contributed by atoms with Gasteiger partial charge >= 0.3 is 0 Å². The Labute approximate surface area is 123 Å². The van der Waals surface area contributed by atoms with Crippen LogP contribution in [0, 0.1) is 0 Å². The molecule has 5 nitrogen and oxygen atoms in total. The molecule has 2 rings (SSSR count). The zero-order valence-electron chi connectivity index (χ0n) is 11.3. The Bertz CT molecular complexity index is 600. The Hall–Kier alpha value is -2.21. The van der Waals surface area contributed by atoms with Gasteiger partial charge < -0.3 is 15.8 Å². The molecule has 0 radical (unpaired) electrons. The molecule has 0 fully saturated rings. The van der Waals surface area contributed by atoms with E-state index in [4.69, 9.17) is 22.7 Å². The number of methoxy groups -OCH3 is 1.